The fraction of sp³-hybridized carbons (Fsp3) is 0.417. The normalized spacial score (nSPS) is 11.6. The van der Waals surface area contributed by atoms with E-state index in [1.807, 2.05) is 6.92 Å². The Morgan fingerprint density at radius 3 is 2.89 bits per heavy atom. The molecule has 0 fully saturated rings. The third-order valence-electron chi connectivity index (χ3n) is 2.36. The molecule has 0 aromatic carbocycles. The van der Waals surface area contributed by atoms with E-state index in [2.05, 4.69) is 22.2 Å². The molecule has 0 radical (unpaired) electrons. The fourth-order valence-corrected chi connectivity index (χ4v) is 2.15. The highest BCUT2D eigenvalue weighted by Crippen LogP contribution is 2.12. The molecule has 0 saturated heterocycles. The van der Waals surface area contributed by atoms with Gasteiger partial charge in [0.1, 0.15) is 11.0 Å². The standard InChI is InChI=1S/C12H17N3O3S/c1-3-5-9(11(16)17)15-12(18)14-7-10-13-6-8(4-2)19-10/h3,6,9H,1,4-5,7H2,2H3,(H,16,17)(H2,14,15,18). The van der Waals surface area contributed by atoms with Gasteiger partial charge in [0.05, 0.1) is 6.54 Å². The van der Waals surface area contributed by atoms with Gasteiger partial charge in [-0.3, -0.25) is 0 Å². The number of nitrogens with zero attached hydrogens (tertiary/aromatic N) is 1. The van der Waals surface area contributed by atoms with Gasteiger partial charge in [0.15, 0.2) is 0 Å². The minimum absolute atomic E-state index is 0.181. The van der Waals surface area contributed by atoms with E-state index >= 15 is 0 Å². The molecule has 0 bridgehead atoms. The average molecular weight is 283 g/mol. The van der Waals surface area contributed by atoms with Crippen molar-refractivity contribution in [2.45, 2.75) is 32.4 Å². The van der Waals surface area contributed by atoms with Crippen LogP contribution in [0.3, 0.4) is 0 Å². The number of hydrogen-bond donors (Lipinski definition) is 3. The number of urea groups is 1. The summed E-state index contributed by atoms with van der Waals surface area (Å²) < 4.78 is 0. The number of aliphatic carboxylic acids is 1. The van der Waals surface area contributed by atoms with E-state index in [-0.39, 0.29) is 13.0 Å². The minimum Gasteiger partial charge on any atom is -0.480 e. The summed E-state index contributed by atoms with van der Waals surface area (Å²) in [5.74, 6) is -1.09. The van der Waals surface area contributed by atoms with E-state index in [9.17, 15) is 9.59 Å². The Labute approximate surface area is 115 Å². The van der Waals surface area contributed by atoms with Gasteiger partial charge >= 0.3 is 12.0 Å². The number of rotatable bonds is 7. The predicted octanol–water partition coefficient (Wildman–Crippen LogP) is 1.53. The summed E-state index contributed by atoms with van der Waals surface area (Å²) in [6.45, 7) is 5.77. The minimum atomic E-state index is -1.09. The van der Waals surface area contributed by atoms with Crippen LogP contribution >= 0.6 is 11.3 Å². The van der Waals surface area contributed by atoms with Crippen LogP contribution in [0.25, 0.3) is 0 Å². The predicted molar refractivity (Wildman–Crippen MR) is 73.1 cm³/mol. The monoisotopic (exact) mass is 283 g/mol. The van der Waals surface area contributed by atoms with E-state index in [0.717, 1.165) is 16.3 Å². The largest absolute Gasteiger partial charge is 0.480 e. The zero-order valence-electron chi connectivity index (χ0n) is 10.7. The first-order chi connectivity index (χ1) is 9.06. The lowest BCUT2D eigenvalue weighted by molar-refractivity contribution is -0.139. The zero-order chi connectivity index (χ0) is 14.3. The highest BCUT2D eigenvalue weighted by Gasteiger charge is 2.17. The molecule has 1 rings (SSSR count). The molecule has 1 unspecified atom stereocenters. The molecule has 7 heteroatoms. The first-order valence-electron chi connectivity index (χ1n) is 5.88. The summed E-state index contributed by atoms with van der Waals surface area (Å²) in [5.41, 5.74) is 0. The van der Waals surface area contributed by atoms with E-state index < -0.39 is 18.0 Å². The van der Waals surface area contributed by atoms with E-state index in [4.69, 9.17) is 5.11 Å². The highest BCUT2D eigenvalue weighted by molar-refractivity contribution is 7.11. The van der Waals surface area contributed by atoms with Gasteiger partial charge < -0.3 is 15.7 Å². The summed E-state index contributed by atoms with van der Waals surface area (Å²) >= 11 is 1.52. The van der Waals surface area contributed by atoms with Gasteiger partial charge in [-0.2, -0.15) is 0 Å². The van der Waals surface area contributed by atoms with Crippen molar-refractivity contribution in [3.8, 4) is 0 Å². The van der Waals surface area contributed by atoms with Crippen LogP contribution < -0.4 is 10.6 Å². The molecule has 19 heavy (non-hydrogen) atoms. The Kier molecular flexibility index (Phi) is 6.01. The Balaban J connectivity index is 2.42. The molecule has 0 saturated carbocycles. The van der Waals surface area contributed by atoms with Crippen LogP contribution in [0.15, 0.2) is 18.9 Å². The lowest BCUT2D eigenvalue weighted by Gasteiger charge is -2.12. The maximum atomic E-state index is 11.5. The van der Waals surface area contributed by atoms with Gasteiger partial charge in [0.2, 0.25) is 0 Å². The summed E-state index contributed by atoms with van der Waals surface area (Å²) in [6.07, 6.45) is 4.31. The maximum Gasteiger partial charge on any atom is 0.326 e. The van der Waals surface area contributed by atoms with E-state index in [1.165, 1.54) is 17.4 Å². The second kappa shape index (κ2) is 7.52. The number of thiazole rings is 1. The molecule has 0 aliphatic carbocycles. The second-order valence-electron chi connectivity index (χ2n) is 3.82. The van der Waals surface area contributed by atoms with Gasteiger partial charge in [-0.15, -0.1) is 17.9 Å². The number of carboxylic acids is 1. The van der Waals surface area contributed by atoms with Crippen molar-refractivity contribution in [3.05, 3.63) is 28.7 Å². The Morgan fingerprint density at radius 2 is 2.37 bits per heavy atom. The summed E-state index contributed by atoms with van der Waals surface area (Å²) in [6, 6.07) is -1.48. The first kappa shape index (κ1) is 15.2. The van der Waals surface area contributed by atoms with Crippen molar-refractivity contribution in [3.63, 3.8) is 0 Å². The molecule has 0 spiro atoms. The lowest BCUT2D eigenvalue weighted by Crippen LogP contribution is -2.45. The molecule has 104 valence electrons. The Morgan fingerprint density at radius 1 is 1.63 bits per heavy atom. The molecule has 0 aliphatic rings. The quantitative estimate of drug-likeness (QED) is 0.662. The Hall–Kier alpha value is -1.89. The summed E-state index contributed by atoms with van der Waals surface area (Å²) in [5, 5.41) is 14.6. The number of carbonyl (C=O) groups is 2. The van der Waals surface area contributed by atoms with Crippen molar-refractivity contribution >= 4 is 23.3 Å². The third-order valence-corrected chi connectivity index (χ3v) is 3.50. The highest BCUT2D eigenvalue weighted by atomic mass is 32.1. The van der Waals surface area contributed by atoms with Crippen LogP contribution in [-0.2, 0) is 17.8 Å². The number of carboxylic acid groups (broad SMARTS) is 1. The van der Waals surface area contributed by atoms with Gasteiger partial charge in [0.25, 0.3) is 0 Å². The molecule has 0 aliphatic heterocycles. The Bertz CT molecular complexity index is 459. The molecule has 3 N–H and O–H groups in total. The van der Waals surface area contributed by atoms with E-state index in [1.54, 1.807) is 6.20 Å². The molecule has 1 aromatic rings. The molecular formula is C12H17N3O3S. The topological polar surface area (TPSA) is 91.3 Å². The van der Waals surface area contributed by atoms with Crippen LogP contribution in [0.5, 0.6) is 0 Å². The number of aromatic nitrogens is 1. The number of hydrogen-bond acceptors (Lipinski definition) is 4. The number of carbonyl (C=O) groups excluding carboxylic acids is 1. The molecule has 1 aromatic heterocycles. The lowest BCUT2D eigenvalue weighted by atomic mass is 10.2. The van der Waals surface area contributed by atoms with Crippen LogP contribution in [0.4, 0.5) is 4.79 Å². The number of amides is 2. The number of aryl methyl sites for hydroxylation is 1. The first-order valence-corrected chi connectivity index (χ1v) is 6.70. The van der Waals surface area contributed by atoms with Crippen LogP contribution in [0.2, 0.25) is 0 Å². The second-order valence-corrected chi connectivity index (χ2v) is 5.02. The molecule has 2 amide bonds. The third kappa shape index (κ3) is 5.09. The van der Waals surface area contributed by atoms with Gasteiger partial charge in [-0.1, -0.05) is 13.0 Å². The van der Waals surface area contributed by atoms with Gasteiger partial charge in [-0.25, -0.2) is 14.6 Å². The maximum absolute atomic E-state index is 11.5. The smallest absolute Gasteiger partial charge is 0.326 e. The van der Waals surface area contributed by atoms with Crippen LogP contribution in [-0.4, -0.2) is 28.1 Å². The molecule has 1 heterocycles. The molecule has 1 atom stereocenters. The van der Waals surface area contributed by atoms with E-state index in [0.29, 0.717) is 0 Å². The SMILES string of the molecule is C=CCC(NC(=O)NCc1ncc(CC)s1)C(=O)O. The number of nitrogens with one attached hydrogen (secondary N) is 2. The fourth-order valence-electron chi connectivity index (χ4n) is 1.35. The van der Waals surface area contributed by atoms with Crippen molar-refractivity contribution in [1.29, 1.82) is 0 Å². The molecule has 6 nitrogen and oxygen atoms in total. The van der Waals surface area contributed by atoms with Crippen LogP contribution in [0, 0.1) is 0 Å². The van der Waals surface area contributed by atoms with Crippen LogP contribution in [0.1, 0.15) is 23.2 Å². The average Bonchev–Trinajstić information content (AvgIpc) is 2.83. The van der Waals surface area contributed by atoms with Gasteiger partial charge in [-0.05, 0) is 12.8 Å². The van der Waals surface area contributed by atoms with Gasteiger partial charge in [0, 0.05) is 11.1 Å². The molecular weight excluding hydrogens is 266 g/mol. The van der Waals surface area contributed by atoms with Crippen molar-refractivity contribution < 1.29 is 14.7 Å². The van der Waals surface area contributed by atoms with Crippen molar-refractivity contribution in [2.75, 3.05) is 0 Å². The van der Waals surface area contributed by atoms with Crippen molar-refractivity contribution in [2.24, 2.45) is 0 Å². The van der Waals surface area contributed by atoms with Crippen molar-refractivity contribution in [1.82, 2.24) is 15.6 Å². The summed E-state index contributed by atoms with van der Waals surface area (Å²) in [4.78, 5) is 27.7. The zero-order valence-corrected chi connectivity index (χ0v) is 11.5. The summed E-state index contributed by atoms with van der Waals surface area (Å²) in [7, 11) is 0.